The lowest BCUT2D eigenvalue weighted by Gasteiger charge is -2.29. The molecule has 2 aromatic heterocycles. The SMILES string of the molecule is C.CC(=O)N[C@H](C(=O)N[C@H](C(=O)N[C@@H](Cc1ccccc1)C(=O)N[C@H](C(=O)N[C@@H](CO)C(=O)N[C@@H](Cc1c[nH]c2ccccc12)C(=O)N[C@@H](CCC(=O)O)C(=O)N[C@@H](CCC(=O)O)C(=O)N[C@@H](Cc1ccc(O)cc1)C(=O)N[C@@H](CC(C)C)C(=O)N[C@@H](CC(=O)O)C(=O)N[C@@H](Cc1c[nH]c2ccccc12)C(=O)N[C@H](C(N)=O)C(C)C)[C@@H](C)O)C(C)C)[C@@H](C)O. The first-order valence-corrected chi connectivity index (χ1v) is 39.8. The van der Waals surface area contributed by atoms with E-state index in [-0.39, 0.29) is 38.0 Å². The number of para-hydroxylation sites is 2. The molecule has 6 rings (SSSR count). The second-order valence-corrected chi connectivity index (χ2v) is 31.0. The monoisotopic (exact) mass is 1730 g/mol. The molecule has 0 bridgehead atoms. The molecule has 674 valence electrons. The molecule has 40 heteroatoms. The van der Waals surface area contributed by atoms with Crippen LogP contribution in [0.25, 0.3) is 21.8 Å². The number of nitrogens with one attached hydrogen (secondary N) is 15. The largest absolute Gasteiger partial charge is 0.508 e. The Balaban J connectivity index is 0.0000273. The van der Waals surface area contributed by atoms with Gasteiger partial charge in [-0.3, -0.25) is 81.5 Å². The third-order valence-corrected chi connectivity index (χ3v) is 19.8. The number of carboxylic acids is 3. The van der Waals surface area contributed by atoms with Gasteiger partial charge in [-0.2, -0.15) is 0 Å². The minimum absolute atomic E-state index is 0. The number of hydrogen-bond acceptors (Lipinski definition) is 21. The highest BCUT2D eigenvalue weighted by Gasteiger charge is 2.41. The van der Waals surface area contributed by atoms with Crippen LogP contribution in [0.5, 0.6) is 5.75 Å². The van der Waals surface area contributed by atoms with Crippen LogP contribution < -0.4 is 74.9 Å². The molecule has 0 saturated carbocycles. The number of carboxylic acid groups (broad SMARTS) is 3. The number of aromatic nitrogens is 2. The van der Waals surface area contributed by atoms with Gasteiger partial charge in [-0.15, -0.1) is 0 Å². The highest BCUT2D eigenvalue weighted by Crippen LogP contribution is 2.23. The molecule has 124 heavy (non-hydrogen) atoms. The minimum Gasteiger partial charge on any atom is -0.508 e. The number of nitrogens with two attached hydrogens (primary N) is 1. The summed E-state index contributed by atoms with van der Waals surface area (Å²) in [4.78, 5) is 241. The van der Waals surface area contributed by atoms with Crippen LogP contribution in [0.1, 0.15) is 131 Å². The van der Waals surface area contributed by atoms with Crippen LogP contribution in [0.3, 0.4) is 0 Å². The number of phenolic OH excluding ortho intramolecular Hbond substituents is 1. The molecule has 2 heterocycles. The summed E-state index contributed by atoms with van der Waals surface area (Å²) in [6, 6.07) is 4.30. The normalized spacial score (nSPS) is 14.9. The van der Waals surface area contributed by atoms with Crippen molar-refractivity contribution in [2.45, 2.75) is 225 Å². The number of aliphatic hydroxyl groups is 3. The molecule has 0 aliphatic carbocycles. The van der Waals surface area contributed by atoms with E-state index in [9.17, 15) is 117 Å². The molecule has 40 nitrogen and oxygen atoms in total. The van der Waals surface area contributed by atoms with Crippen molar-refractivity contribution in [3.8, 4) is 5.75 Å². The highest BCUT2D eigenvalue weighted by molar-refractivity contribution is 6.02. The van der Waals surface area contributed by atoms with E-state index in [0.29, 0.717) is 38.5 Å². The fourth-order valence-corrected chi connectivity index (χ4v) is 13.3. The van der Waals surface area contributed by atoms with Gasteiger partial charge in [0.1, 0.15) is 84.3 Å². The van der Waals surface area contributed by atoms with Crippen LogP contribution in [0, 0.1) is 17.8 Å². The van der Waals surface area contributed by atoms with E-state index < -0.39 is 261 Å². The highest BCUT2D eigenvalue weighted by atomic mass is 16.4. The lowest BCUT2D eigenvalue weighted by molar-refractivity contribution is -0.142. The van der Waals surface area contributed by atoms with E-state index in [1.807, 2.05) is 0 Å². The molecule has 14 amide bonds. The van der Waals surface area contributed by atoms with E-state index in [4.69, 9.17) is 5.73 Å². The first-order chi connectivity index (χ1) is 58.0. The van der Waals surface area contributed by atoms with Crippen LogP contribution in [-0.4, -0.2) is 244 Å². The Morgan fingerprint density at radius 1 is 0.363 bits per heavy atom. The van der Waals surface area contributed by atoms with Gasteiger partial charge in [-0.25, -0.2) is 0 Å². The van der Waals surface area contributed by atoms with E-state index in [2.05, 4.69) is 79.1 Å². The number of fused-ring (bicyclic) bond motifs is 2. The van der Waals surface area contributed by atoms with E-state index in [1.54, 1.807) is 127 Å². The predicted octanol–water partition coefficient (Wildman–Crippen LogP) is -1.61. The number of aromatic amines is 2. The molecule has 15 atom stereocenters. The third-order valence-electron chi connectivity index (χ3n) is 19.8. The molecule has 0 fully saturated rings. The van der Waals surface area contributed by atoms with E-state index >= 15 is 0 Å². The number of rotatable bonds is 49. The molecule has 0 spiro atoms. The fraction of sp³-hybridized carbons (Fsp3) is 0.464. The van der Waals surface area contributed by atoms with Crippen LogP contribution in [-0.2, 0) is 107 Å². The predicted molar refractivity (Wildman–Crippen MR) is 448 cm³/mol. The van der Waals surface area contributed by atoms with Crippen LogP contribution >= 0.6 is 0 Å². The van der Waals surface area contributed by atoms with Gasteiger partial charge in [0.05, 0.1) is 25.2 Å². The quantitative estimate of drug-likeness (QED) is 0.0204. The standard InChI is InChI=1S/C83H110N16O24.CH4/c1-40(2)31-57(74(114)94-62(36-66(109)110)77(117)92-61(79(119)97-67(41(3)4)71(84)111)35-49-38-86-54-22-16-14-20-52(49)54)90-75(115)58(33-47-23-25-50(104)26-24-47)91-73(113)56(28-30-65(107)108)88-72(112)55(27-29-64(105)106)89-76(116)60(34-48-37-85-53-21-15-13-19-51(48)53)93-80(120)63(39-100)96-82(122)70(44(8)102)99-78(118)59(32-46-17-11-10-12-18-46)95-81(121)68(42(5)6)98-83(123)69(43(7)101)87-45(9)103;/h10-26,37-38,40-44,55-63,67-70,85-86,100-102,104H,27-36,39H2,1-9H3,(H2,84,111)(H,87,103)(H,88,112)(H,89,116)(H,90,115)(H,91,113)(H,92,117)(H,93,120)(H,94,114)(H,95,121)(H,96,122)(H,97,119)(H,98,123)(H,99,118)(H,105,106)(H,107,108)(H,109,110);1H4/t43-,44-,55+,56+,57+,58+,59+,60+,61+,62+,63+,67+,68+,69+,70+;/m1./s1. The van der Waals surface area contributed by atoms with Crippen molar-refractivity contribution in [1.29, 1.82) is 0 Å². The summed E-state index contributed by atoms with van der Waals surface area (Å²) >= 11 is 0. The summed E-state index contributed by atoms with van der Waals surface area (Å²) in [6.45, 7) is 11.8. The number of H-pyrrole nitrogens is 2. The number of benzene rings is 4. The Kier molecular flexibility index (Phi) is 39.4. The maximum absolute atomic E-state index is 15.0. The Labute approximate surface area is 714 Å². The zero-order valence-electron chi connectivity index (χ0n) is 69.3. The molecule has 6 aromatic rings. The number of primary amides is 1. The van der Waals surface area contributed by atoms with Gasteiger partial charge in [0.2, 0.25) is 82.7 Å². The smallest absolute Gasteiger partial charge is 0.305 e. The summed E-state index contributed by atoms with van der Waals surface area (Å²) in [5.74, 6) is -22.0. The number of amides is 14. The van der Waals surface area contributed by atoms with Crippen molar-refractivity contribution in [3.05, 3.63) is 138 Å². The molecule has 24 N–H and O–H groups in total. The first-order valence-electron chi connectivity index (χ1n) is 39.8. The molecular weight excluding hydrogens is 1620 g/mol. The number of aromatic hydroxyl groups is 1. The zero-order chi connectivity index (χ0) is 91.2. The van der Waals surface area contributed by atoms with Gasteiger partial charge in [0.25, 0.3) is 0 Å². The summed E-state index contributed by atoms with van der Waals surface area (Å²) in [5, 5.41) is 105. The zero-order valence-corrected chi connectivity index (χ0v) is 69.3. The van der Waals surface area contributed by atoms with E-state index in [0.717, 1.165) is 13.8 Å². The number of carbonyl (C=O) groups excluding carboxylic acids is 14. The molecule has 0 radical (unpaired) electrons. The maximum Gasteiger partial charge on any atom is 0.305 e. The summed E-state index contributed by atoms with van der Waals surface area (Å²) in [5.41, 5.74) is 8.35. The summed E-state index contributed by atoms with van der Waals surface area (Å²) in [6.07, 6.45) is -6.27. The lowest BCUT2D eigenvalue weighted by atomic mass is 9.99. The lowest BCUT2D eigenvalue weighted by Crippen LogP contribution is -2.63. The molecule has 0 aliphatic rings. The van der Waals surface area contributed by atoms with Crippen LogP contribution in [0.4, 0.5) is 0 Å². The Morgan fingerprint density at radius 3 is 1.11 bits per heavy atom. The number of aliphatic hydroxyl groups excluding tert-OH is 3. The second kappa shape index (κ2) is 48.3. The van der Waals surface area contributed by atoms with Gasteiger partial charge in [0, 0.05) is 79.6 Å². The van der Waals surface area contributed by atoms with Crippen molar-refractivity contribution in [2.75, 3.05) is 6.61 Å². The number of aliphatic carboxylic acids is 3. The Hall–Kier alpha value is -13.4. The van der Waals surface area contributed by atoms with Gasteiger partial charge in [-0.05, 0) is 97.4 Å². The van der Waals surface area contributed by atoms with Gasteiger partial charge >= 0.3 is 17.9 Å². The number of phenols is 1. The first kappa shape index (κ1) is 101. The molecule has 4 aromatic carbocycles. The number of hydrogen-bond donors (Lipinski definition) is 23. The van der Waals surface area contributed by atoms with Crippen molar-refractivity contribution in [3.63, 3.8) is 0 Å². The third kappa shape index (κ3) is 31.3. The average Bonchev–Trinajstić information content (AvgIpc) is 1.70. The maximum atomic E-state index is 15.0. The Morgan fingerprint density at radius 2 is 0.694 bits per heavy atom. The van der Waals surface area contributed by atoms with Crippen molar-refractivity contribution in [1.82, 2.24) is 79.1 Å². The molecule has 0 saturated heterocycles. The van der Waals surface area contributed by atoms with Gasteiger partial charge in [0.15, 0.2) is 0 Å². The van der Waals surface area contributed by atoms with E-state index in [1.165, 1.54) is 37.4 Å². The fourth-order valence-electron chi connectivity index (χ4n) is 13.3. The van der Waals surface area contributed by atoms with Crippen molar-refractivity contribution >= 4 is 122 Å². The Bertz CT molecular complexity index is 4740. The van der Waals surface area contributed by atoms with Crippen LogP contribution in [0.15, 0.2) is 116 Å². The minimum atomic E-state index is -2.04. The topological polar surface area (TPSA) is 646 Å². The summed E-state index contributed by atoms with van der Waals surface area (Å²) < 4.78 is 0. The van der Waals surface area contributed by atoms with Crippen LogP contribution in [0.2, 0.25) is 0 Å². The van der Waals surface area contributed by atoms with Gasteiger partial charge in [-0.1, -0.05) is 128 Å². The number of carbonyl (C=O) groups is 17. The summed E-state index contributed by atoms with van der Waals surface area (Å²) in [7, 11) is 0. The molecular formula is C84H114N16O24. The average molecular weight is 1730 g/mol. The second-order valence-electron chi connectivity index (χ2n) is 31.0. The van der Waals surface area contributed by atoms with Crippen molar-refractivity contribution in [2.24, 2.45) is 23.5 Å². The molecule has 0 aliphatic heterocycles. The van der Waals surface area contributed by atoms with Gasteiger partial charge < -0.3 is 121 Å². The van der Waals surface area contributed by atoms with Crippen molar-refractivity contribution < 1.29 is 117 Å². The molecule has 0 unspecified atom stereocenters.